The van der Waals surface area contributed by atoms with E-state index in [1.807, 2.05) is 0 Å². The standard InChI is InChI=1S/C16H22BrNO3/c17-15-9-7-14(21-15)8-10-16(19)18-11-4-12-20-13-5-2-1-3-6-13/h7-10,13H,1-6,11-12H2,(H,18,19)/b10-8+. The van der Waals surface area contributed by atoms with E-state index in [-0.39, 0.29) is 5.91 Å². The lowest BCUT2D eigenvalue weighted by Gasteiger charge is -2.21. The number of nitrogens with one attached hydrogen (secondary N) is 1. The van der Waals surface area contributed by atoms with Gasteiger partial charge in [0, 0.05) is 19.2 Å². The zero-order valence-corrected chi connectivity index (χ0v) is 13.7. The summed E-state index contributed by atoms with van der Waals surface area (Å²) in [6.07, 6.45) is 10.7. The summed E-state index contributed by atoms with van der Waals surface area (Å²) < 4.78 is 11.7. The first kappa shape index (κ1) is 16.3. The third-order valence-electron chi connectivity index (χ3n) is 3.52. The first-order valence-corrected chi connectivity index (χ1v) is 8.36. The zero-order valence-electron chi connectivity index (χ0n) is 12.1. The van der Waals surface area contributed by atoms with E-state index in [1.165, 1.54) is 38.2 Å². The summed E-state index contributed by atoms with van der Waals surface area (Å²) in [5, 5.41) is 2.84. The summed E-state index contributed by atoms with van der Waals surface area (Å²) in [6, 6.07) is 3.59. The molecule has 0 bridgehead atoms. The normalized spacial score (nSPS) is 16.4. The Morgan fingerprint density at radius 2 is 2.19 bits per heavy atom. The van der Waals surface area contributed by atoms with Crippen molar-refractivity contribution in [1.82, 2.24) is 5.32 Å². The fourth-order valence-corrected chi connectivity index (χ4v) is 2.72. The maximum Gasteiger partial charge on any atom is 0.244 e. The summed E-state index contributed by atoms with van der Waals surface area (Å²) in [5.74, 6) is 0.540. The second-order valence-electron chi connectivity index (χ2n) is 5.25. The smallest absolute Gasteiger partial charge is 0.244 e. The van der Waals surface area contributed by atoms with E-state index in [9.17, 15) is 4.79 Å². The summed E-state index contributed by atoms with van der Waals surface area (Å²) >= 11 is 3.22. The molecule has 0 aliphatic heterocycles. The molecule has 21 heavy (non-hydrogen) atoms. The van der Waals surface area contributed by atoms with Crippen LogP contribution in [-0.4, -0.2) is 25.2 Å². The van der Waals surface area contributed by atoms with Crippen LogP contribution in [0.3, 0.4) is 0 Å². The second kappa shape index (κ2) is 9.05. The molecule has 1 fully saturated rings. The van der Waals surface area contributed by atoms with Crippen molar-refractivity contribution in [1.29, 1.82) is 0 Å². The van der Waals surface area contributed by atoms with Gasteiger partial charge in [-0.25, -0.2) is 0 Å². The fraction of sp³-hybridized carbons (Fsp3) is 0.562. The van der Waals surface area contributed by atoms with Gasteiger partial charge in [-0.2, -0.15) is 0 Å². The van der Waals surface area contributed by atoms with Gasteiger partial charge in [0.2, 0.25) is 5.91 Å². The Labute approximate surface area is 134 Å². The van der Waals surface area contributed by atoms with Crippen LogP contribution in [0.1, 0.15) is 44.3 Å². The summed E-state index contributed by atoms with van der Waals surface area (Å²) in [4.78, 5) is 11.6. The van der Waals surface area contributed by atoms with Gasteiger partial charge in [0.05, 0.1) is 6.10 Å². The monoisotopic (exact) mass is 355 g/mol. The molecule has 0 radical (unpaired) electrons. The molecule has 1 aliphatic rings. The van der Waals surface area contributed by atoms with Crippen LogP contribution in [0.15, 0.2) is 27.3 Å². The molecule has 0 spiro atoms. The van der Waals surface area contributed by atoms with Crippen molar-refractivity contribution in [3.05, 3.63) is 28.6 Å². The van der Waals surface area contributed by atoms with Crippen molar-refractivity contribution in [2.24, 2.45) is 0 Å². The molecule has 5 heteroatoms. The molecule has 116 valence electrons. The predicted molar refractivity (Wildman–Crippen MR) is 85.9 cm³/mol. The van der Waals surface area contributed by atoms with Crippen molar-refractivity contribution in [3.8, 4) is 0 Å². The summed E-state index contributed by atoms with van der Waals surface area (Å²) in [6.45, 7) is 1.36. The Morgan fingerprint density at radius 1 is 1.38 bits per heavy atom. The lowest BCUT2D eigenvalue weighted by atomic mass is 9.98. The molecule has 0 unspecified atom stereocenters. The average molecular weight is 356 g/mol. The number of hydrogen-bond donors (Lipinski definition) is 1. The van der Waals surface area contributed by atoms with Crippen molar-refractivity contribution in [3.63, 3.8) is 0 Å². The molecule has 0 atom stereocenters. The van der Waals surface area contributed by atoms with Crippen LogP contribution >= 0.6 is 15.9 Å². The van der Waals surface area contributed by atoms with E-state index in [4.69, 9.17) is 9.15 Å². The Kier molecular flexibility index (Phi) is 7.03. The highest BCUT2D eigenvalue weighted by Crippen LogP contribution is 2.20. The molecule has 1 N–H and O–H groups in total. The van der Waals surface area contributed by atoms with Gasteiger partial charge in [0.1, 0.15) is 5.76 Å². The number of hydrogen-bond acceptors (Lipinski definition) is 3. The van der Waals surface area contributed by atoms with Crippen molar-refractivity contribution >= 4 is 27.9 Å². The van der Waals surface area contributed by atoms with E-state index in [0.29, 0.717) is 23.1 Å². The van der Waals surface area contributed by atoms with Gasteiger partial charge in [-0.05, 0) is 53.4 Å². The second-order valence-corrected chi connectivity index (χ2v) is 6.03. The maximum atomic E-state index is 11.6. The van der Waals surface area contributed by atoms with Gasteiger partial charge in [0.15, 0.2) is 4.67 Å². The molecule has 0 aromatic carbocycles. The van der Waals surface area contributed by atoms with E-state index in [1.54, 1.807) is 18.2 Å². The number of furan rings is 1. The molecular formula is C16H22BrNO3. The molecule has 1 saturated carbocycles. The molecule has 2 rings (SSSR count). The molecule has 1 aromatic heterocycles. The van der Waals surface area contributed by atoms with Crippen LogP contribution in [0, 0.1) is 0 Å². The van der Waals surface area contributed by atoms with Crippen LogP contribution in [0.5, 0.6) is 0 Å². The highest BCUT2D eigenvalue weighted by atomic mass is 79.9. The Hall–Kier alpha value is -1.07. The van der Waals surface area contributed by atoms with Gasteiger partial charge < -0.3 is 14.5 Å². The Balaban J connectivity index is 1.53. The molecule has 1 heterocycles. The van der Waals surface area contributed by atoms with Crippen LogP contribution in [0.2, 0.25) is 0 Å². The molecule has 1 aromatic rings. The number of carbonyl (C=O) groups excluding carboxylic acids is 1. The van der Waals surface area contributed by atoms with Gasteiger partial charge in [-0.15, -0.1) is 0 Å². The lowest BCUT2D eigenvalue weighted by molar-refractivity contribution is -0.116. The van der Waals surface area contributed by atoms with E-state index >= 15 is 0 Å². The van der Waals surface area contributed by atoms with Crippen LogP contribution in [0.4, 0.5) is 0 Å². The van der Waals surface area contributed by atoms with Crippen LogP contribution in [-0.2, 0) is 9.53 Å². The highest BCUT2D eigenvalue weighted by molar-refractivity contribution is 9.10. The molecule has 4 nitrogen and oxygen atoms in total. The summed E-state index contributed by atoms with van der Waals surface area (Å²) in [5.41, 5.74) is 0. The maximum absolute atomic E-state index is 11.6. The predicted octanol–water partition coefficient (Wildman–Crippen LogP) is 3.91. The first-order valence-electron chi connectivity index (χ1n) is 7.57. The molecule has 0 saturated heterocycles. The number of halogens is 1. The average Bonchev–Trinajstić information content (AvgIpc) is 2.91. The van der Waals surface area contributed by atoms with Crippen molar-refractivity contribution in [2.45, 2.75) is 44.6 Å². The van der Waals surface area contributed by atoms with Crippen molar-refractivity contribution in [2.75, 3.05) is 13.2 Å². The van der Waals surface area contributed by atoms with Gasteiger partial charge >= 0.3 is 0 Å². The number of ether oxygens (including phenoxy) is 1. The largest absolute Gasteiger partial charge is 0.450 e. The minimum Gasteiger partial charge on any atom is -0.450 e. The topological polar surface area (TPSA) is 51.5 Å². The van der Waals surface area contributed by atoms with E-state index in [2.05, 4.69) is 21.2 Å². The molecule has 1 amide bonds. The van der Waals surface area contributed by atoms with Crippen LogP contribution in [0.25, 0.3) is 6.08 Å². The SMILES string of the molecule is O=C(/C=C/c1ccc(Br)o1)NCCCOC1CCCCC1. The molecule has 1 aliphatic carbocycles. The van der Waals surface area contributed by atoms with Gasteiger partial charge in [-0.3, -0.25) is 4.79 Å². The quantitative estimate of drug-likeness (QED) is 0.595. The van der Waals surface area contributed by atoms with E-state index in [0.717, 1.165) is 13.0 Å². The zero-order chi connectivity index (χ0) is 14.9. The Bertz CT molecular complexity index is 464. The first-order chi connectivity index (χ1) is 10.2. The van der Waals surface area contributed by atoms with E-state index < -0.39 is 0 Å². The van der Waals surface area contributed by atoms with Crippen LogP contribution < -0.4 is 5.32 Å². The number of carbonyl (C=O) groups is 1. The van der Waals surface area contributed by atoms with Gasteiger partial charge in [0.25, 0.3) is 0 Å². The minimum atomic E-state index is -0.111. The highest BCUT2D eigenvalue weighted by Gasteiger charge is 2.12. The van der Waals surface area contributed by atoms with Crippen molar-refractivity contribution < 1.29 is 13.9 Å². The Morgan fingerprint density at radius 3 is 2.90 bits per heavy atom. The number of amides is 1. The third kappa shape index (κ3) is 6.48. The fourth-order valence-electron chi connectivity index (χ4n) is 2.40. The number of rotatable bonds is 7. The molecular weight excluding hydrogens is 334 g/mol. The lowest BCUT2D eigenvalue weighted by Crippen LogP contribution is -2.24. The van der Waals surface area contributed by atoms with Gasteiger partial charge in [-0.1, -0.05) is 19.3 Å². The summed E-state index contributed by atoms with van der Waals surface area (Å²) in [7, 11) is 0. The minimum absolute atomic E-state index is 0.111. The third-order valence-corrected chi connectivity index (χ3v) is 3.95.